The summed E-state index contributed by atoms with van der Waals surface area (Å²) in [6.07, 6.45) is 0. The summed E-state index contributed by atoms with van der Waals surface area (Å²) in [5, 5.41) is 9.34. The van der Waals surface area contributed by atoms with Gasteiger partial charge in [0.25, 0.3) is 0 Å². The molecule has 8 heteroatoms. The summed E-state index contributed by atoms with van der Waals surface area (Å²) >= 11 is 0. The third-order valence-corrected chi connectivity index (χ3v) is 5.03. The number of nitrogens with zero attached hydrogens (tertiary/aromatic N) is 3. The van der Waals surface area contributed by atoms with E-state index in [1.54, 1.807) is 21.9 Å². The summed E-state index contributed by atoms with van der Waals surface area (Å²) in [7, 11) is 0. The molecule has 0 spiro atoms. The number of fused-ring (bicyclic) bond motifs is 1. The van der Waals surface area contributed by atoms with Gasteiger partial charge in [0.15, 0.2) is 11.5 Å². The number of aliphatic hydroxyl groups is 1. The summed E-state index contributed by atoms with van der Waals surface area (Å²) in [5.74, 6) is 1.08. The highest BCUT2D eigenvalue weighted by Gasteiger charge is 2.32. The maximum Gasteiger partial charge on any atom is 0.325 e. The Morgan fingerprint density at radius 1 is 1.07 bits per heavy atom. The van der Waals surface area contributed by atoms with E-state index in [1.165, 1.54) is 4.90 Å². The summed E-state index contributed by atoms with van der Waals surface area (Å²) < 4.78 is 10.7. The van der Waals surface area contributed by atoms with Crippen LogP contribution in [0, 0.1) is 0 Å². The van der Waals surface area contributed by atoms with E-state index in [-0.39, 0.29) is 38.4 Å². The van der Waals surface area contributed by atoms with Crippen LogP contribution in [0.4, 0.5) is 10.5 Å². The molecule has 1 saturated heterocycles. The van der Waals surface area contributed by atoms with E-state index < -0.39 is 0 Å². The van der Waals surface area contributed by atoms with E-state index in [1.807, 2.05) is 36.4 Å². The Morgan fingerprint density at radius 2 is 1.86 bits per heavy atom. The predicted molar refractivity (Wildman–Crippen MR) is 106 cm³/mol. The Kier molecular flexibility index (Phi) is 5.53. The average molecular weight is 397 g/mol. The molecule has 8 nitrogen and oxygen atoms in total. The fourth-order valence-electron chi connectivity index (χ4n) is 3.50. The van der Waals surface area contributed by atoms with Crippen LogP contribution in [0.3, 0.4) is 0 Å². The van der Waals surface area contributed by atoms with E-state index in [4.69, 9.17) is 9.47 Å². The Morgan fingerprint density at radius 3 is 2.66 bits per heavy atom. The number of anilines is 1. The van der Waals surface area contributed by atoms with E-state index in [9.17, 15) is 14.7 Å². The minimum Gasteiger partial charge on any atom is -0.454 e. The lowest BCUT2D eigenvalue weighted by Gasteiger charge is -2.25. The van der Waals surface area contributed by atoms with Gasteiger partial charge in [0.2, 0.25) is 12.7 Å². The first-order valence-corrected chi connectivity index (χ1v) is 9.54. The molecule has 0 unspecified atom stereocenters. The molecule has 0 aromatic heterocycles. The fraction of sp³-hybridized carbons (Fsp3) is 0.333. The average Bonchev–Trinajstić information content (AvgIpc) is 3.34. The third kappa shape index (κ3) is 4.12. The minimum atomic E-state index is -0.221. The number of benzene rings is 2. The number of aliphatic hydroxyl groups excluding tert-OH is 1. The van der Waals surface area contributed by atoms with Crippen LogP contribution in [-0.2, 0) is 11.3 Å². The first-order valence-electron chi connectivity index (χ1n) is 9.54. The second kappa shape index (κ2) is 8.40. The van der Waals surface area contributed by atoms with Crippen LogP contribution >= 0.6 is 0 Å². The van der Waals surface area contributed by atoms with Crippen molar-refractivity contribution in [2.75, 3.05) is 44.5 Å². The van der Waals surface area contributed by atoms with Crippen molar-refractivity contribution >= 4 is 17.6 Å². The molecule has 0 saturated carbocycles. The molecule has 4 rings (SSSR count). The van der Waals surface area contributed by atoms with Crippen LogP contribution in [0.15, 0.2) is 48.5 Å². The van der Waals surface area contributed by atoms with Gasteiger partial charge in [0.05, 0.1) is 6.61 Å². The van der Waals surface area contributed by atoms with Gasteiger partial charge in [-0.15, -0.1) is 0 Å². The summed E-state index contributed by atoms with van der Waals surface area (Å²) in [4.78, 5) is 30.4. The highest BCUT2D eigenvalue weighted by Crippen LogP contribution is 2.36. The maximum atomic E-state index is 12.8. The largest absolute Gasteiger partial charge is 0.454 e. The lowest BCUT2D eigenvalue weighted by atomic mass is 10.2. The molecule has 2 aromatic rings. The second-order valence-corrected chi connectivity index (χ2v) is 6.92. The molecule has 2 aliphatic heterocycles. The lowest BCUT2D eigenvalue weighted by molar-refractivity contribution is -0.132. The van der Waals surface area contributed by atoms with Gasteiger partial charge in [-0.1, -0.05) is 30.3 Å². The zero-order chi connectivity index (χ0) is 20.2. The van der Waals surface area contributed by atoms with Crippen molar-refractivity contribution in [1.82, 2.24) is 9.80 Å². The van der Waals surface area contributed by atoms with Gasteiger partial charge < -0.3 is 24.4 Å². The predicted octanol–water partition coefficient (Wildman–Crippen LogP) is 1.68. The summed E-state index contributed by atoms with van der Waals surface area (Å²) in [5.41, 5.74) is 1.69. The number of hydrogen-bond acceptors (Lipinski definition) is 5. The number of hydrogen-bond donors (Lipinski definition) is 1. The van der Waals surface area contributed by atoms with Gasteiger partial charge in [-0.2, -0.15) is 0 Å². The number of carbonyl (C=O) groups is 2. The van der Waals surface area contributed by atoms with Gasteiger partial charge in [-0.05, 0) is 17.7 Å². The Labute approximate surface area is 168 Å². The van der Waals surface area contributed by atoms with Crippen molar-refractivity contribution in [3.8, 4) is 11.5 Å². The highest BCUT2D eigenvalue weighted by atomic mass is 16.7. The van der Waals surface area contributed by atoms with Gasteiger partial charge >= 0.3 is 6.03 Å². The van der Waals surface area contributed by atoms with E-state index >= 15 is 0 Å². The molecule has 0 bridgehead atoms. The van der Waals surface area contributed by atoms with Gasteiger partial charge in [-0.3, -0.25) is 9.69 Å². The van der Waals surface area contributed by atoms with Crippen molar-refractivity contribution in [2.45, 2.75) is 6.54 Å². The second-order valence-electron chi connectivity index (χ2n) is 6.92. The molecule has 1 fully saturated rings. The summed E-state index contributed by atoms with van der Waals surface area (Å²) in [6.45, 7) is 1.59. The first-order chi connectivity index (χ1) is 14.2. The standard InChI is InChI=1S/C21H23N3O5/c25-11-10-22(13-16-4-2-1-3-5-16)20(26)14-23-8-9-24(21(23)27)17-6-7-18-19(12-17)29-15-28-18/h1-7,12,25H,8-11,13-15H2. The van der Waals surface area contributed by atoms with Crippen LogP contribution in [0.25, 0.3) is 0 Å². The number of urea groups is 1. The van der Waals surface area contributed by atoms with E-state index in [0.717, 1.165) is 5.56 Å². The van der Waals surface area contributed by atoms with E-state index in [0.29, 0.717) is 36.8 Å². The lowest BCUT2D eigenvalue weighted by Crippen LogP contribution is -2.43. The zero-order valence-electron chi connectivity index (χ0n) is 16.0. The smallest absolute Gasteiger partial charge is 0.325 e. The number of rotatable bonds is 7. The SMILES string of the molecule is O=C(CN1CCN(c2ccc3c(c2)OCO3)C1=O)N(CCO)Cc1ccccc1. The van der Waals surface area contributed by atoms with Crippen LogP contribution in [0.1, 0.15) is 5.56 Å². The number of carbonyl (C=O) groups excluding carboxylic acids is 2. The van der Waals surface area contributed by atoms with Crippen LogP contribution < -0.4 is 14.4 Å². The molecule has 0 radical (unpaired) electrons. The quantitative estimate of drug-likeness (QED) is 0.769. The first kappa shape index (κ1) is 19.1. The minimum absolute atomic E-state index is 0.0211. The molecule has 2 aliphatic rings. The van der Waals surface area contributed by atoms with Crippen LogP contribution in [0.2, 0.25) is 0 Å². The topological polar surface area (TPSA) is 82.6 Å². The molecule has 3 amide bonds. The summed E-state index contributed by atoms with van der Waals surface area (Å²) in [6, 6.07) is 14.7. The molecule has 1 N–H and O–H groups in total. The zero-order valence-corrected chi connectivity index (χ0v) is 16.0. The van der Waals surface area contributed by atoms with Gasteiger partial charge in [0, 0.05) is 37.9 Å². The monoisotopic (exact) mass is 397 g/mol. The normalized spacial score (nSPS) is 15.1. The Hall–Kier alpha value is -3.26. The van der Waals surface area contributed by atoms with Crippen LogP contribution in [-0.4, -0.2) is 66.4 Å². The fourth-order valence-corrected chi connectivity index (χ4v) is 3.50. The van der Waals surface area contributed by atoms with E-state index in [2.05, 4.69) is 0 Å². The highest BCUT2D eigenvalue weighted by molar-refractivity contribution is 5.96. The molecular weight excluding hydrogens is 374 g/mol. The molecule has 0 aliphatic carbocycles. The van der Waals surface area contributed by atoms with Crippen molar-refractivity contribution in [1.29, 1.82) is 0 Å². The van der Waals surface area contributed by atoms with Crippen molar-refractivity contribution in [3.63, 3.8) is 0 Å². The maximum absolute atomic E-state index is 12.8. The molecule has 0 atom stereocenters. The molecule has 152 valence electrons. The Balaban J connectivity index is 1.41. The van der Waals surface area contributed by atoms with Crippen molar-refractivity contribution in [3.05, 3.63) is 54.1 Å². The van der Waals surface area contributed by atoms with Crippen LogP contribution in [0.5, 0.6) is 11.5 Å². The number of ether oxygens (including phenoxy) is 2. The van der Waals surface area contributed by atoms with Crippen molar-refractivity contribution < 1.29 is 24.2 Å². The molecule has 2 heterocycles. The van der Waals surface area contributed by atoms with Gasteiger partial charge in [-0.25, -0.2) is 4.79 Å². The van der Waals surface area contributed by atoms with Gasteiger partial charge in [0.1, 0.15) is 6.54 Å². The third-order valence-electron chi connectivity index (χ3n) is 5.03. The Bertz CT molecular complexity index is 889. The molecule has 2 aromatic carbocycles. The number of amides is 3. The van der Waals surface area contributed by atoms with Crippen molar-refractivity contribution in [2.24, 2.45) is 0 Å². The molecule has 29 heavy (non-hydrogen) atoms. The molecular formula is C21H23N3O5.